The van der Waals surface area contributed by atoms with Crippen LogP contribution in [0.2, 0.25) is 0 Å². The molecule has 0 saturated carbocycles. The molecule has 1 aromatic carbocycles. The van der Waals surface area contributed by atoms with Gasteiger partial charge in [0.05, 0.1) is 7.11 Å². The normalized spacial score (nSPS) is 18.2. The molecule has 1 amide bonds. The van der Waals surface area contributed by atoms with Gasteiger partial charge in [-0.05, 0) is 40.7 Å². The van der Waals surface area contributed by atoms with Crippen molar-refractivity contribution in [2.75, 3.05) is 13.7 Å². The van der Waals surface area contributed by atoms with E-state index in [-0.39, 0.29) is 12.0 Å². The molecule has 0 atom stereocenters. The number of nitrogens with one attached hydrogen (secondary N) is 1. The van der Waals surface area contributed by atoms with Crippen molar-refractivity contribution < 1.29 is 22.7 Å². The maximum atomic E-state index is 12.2. The van der Waals surface area contributed by atoms with E-state index >= 15 is 0 Å². The zero-order valence-corrected chi connectivity index (χ0v) is 12.7. The average Bonchev–Trinajstić information content (AvgIpc) is 2.67. The van der Waals surface area contributed by atoms with Gasteiger partial charge in [-0.25, -0.2) is 0 Å². The molecule has 1 aliphatic carbocycles. The smallest absolute Gasteiger partial charge is 0.471 e. The molecule has 3 nitrogen and oxygen atoms in total. The van der Waals surface area contributed by atoms with E-state index in [1.807, 2.05) is 37.4 Å². The lowest BCUT2D eigenvalue weighted by molar-refractivity contribution is -0.173. The van der Waals surface area contributed by atoms with Crippen LogP contribution < -0.4 is 10.1 Å². The summed E-state index contributed by atoms with van der Waals surface area (Å²) in [6.45, 7) is 3.89. The lowest BCUT2D eigenvalue weighted by Crippen LogP contribution is -2.36. The molecule has 120 valence electrons. The summed E-state index contributed by atoms with van der Waals surface area (Å²) in [4.78, 5) is 10.9. The van der Waals surface area contributed by atoms with Crippen LogP contribution >= 0.6 is 0 Å². The van der Waals surface area contributed by atoms with Crippen LogP contribution in [-0.4, -0.2) is 25.7 Å². The van der Waals surface area contributed by atoms with Crippen molar-refractivity contribution >= 4 is 11.5 Å². The molecule has 1 aliphatic rings. The second-order valence-electron chi connectivity index (χ2n) is 5.91. The predicted molar refractivity (Wildman–Crippen MR) is 77.5 cm³/mol. The van der Waals surface area contributed by atoms with Gasteiger partial charge < -0.3 is 10.1 Å². The second-order valence-corrected chi connectivity index (χ2v) is 5.91. The van der Waals surface area contributed by atoms with Gasteiger partial charge >= 0.3 is 12.1 Å². The van der Waals surface area contributed by atoms with Gasteiger partial charge in [0.15, 0.2) is 0 Å². The minimum Gasteiger partial charge on any atom is -0.497 e. The van der Waals surface area contributed by atoms with Crippen molar-refractivity contribution in [3.8, 4) is 5.75 Å². The van der Waals surface area contributed by atoms with Crippen LogP contribution in [0.5, 0.6) is 5.75 Å². The third-order valence-electron chi connectivity index (χ3n) is 3.79. The molecule has 0 spiro atoms. The Balaban J connectivity index is 2.23. The van der Waals surface area contributed by atoms with Crippen LogP contribution in [0.25, 0.3) is 5.57 Å². The first-order valence-corrected chi connectivity index (χ1v) is 6.88. The largest absolute Gasteiger partial charge is 0.497 e. The molecule has 0 unspecified atom stereocenters. The summed E-state index contributed by atoms with van der Waals surface area (Å²) in [6, 6.07) is 5.70. The number of allylic oxidation sites excluding steroid dienone is 1. The van der Waals surface area contributed by atoms with Crippen molar-refractivity contribution in [1.29, 1.82) is 0 Å². The number of fused-ring (bicyclic) bond motifs is 1. The summed E-state index contributed by atoms with van der Waals surface area (Å²) >= 11 is 0. The Morgan fingerprint density at radius 3 is 2.68 bits per heavy atom. The van der Waals surface area contributed by atoms with Gasteiger partial charge in [-0.1, -0.05) is 26.0 Å². The number of carbonyl (C=O) groups excluding carboxylic acids is 1. The van der Waals surface area contributed by atoms with Gasteiger partial charge in [-0.2, -0.15) is 13.2 Å². The van der Waals surface area contributed by atoms with E-state index in [2.05, 4.69) is 0 Å². The Morgan fingerprint density at radius 1 is 1.41 bits per heavy atom. The van der Waals surface area contributed by atoms with E-state index in [1.54, 1.807) is 13.2 Å². The van der Waals surface area contributed by atoms with Gasteiger partial charge in [-0.15, -0.1) is 0 Å². The maximum absolute atomic E-state index is 12.2. The Hall–Kier alpha value is -1.98. The lowest BCUT2D eigenvalue weighted by atomic mass is 9.85. The quantitative estimate of drug-likeness (QED) is 0.929. The van der Waals surface area contributed by atoms with E-state index < -0.39 is 12.1 Å². The minimum absolute atomic E-state index is 0.159. The van der Waals surface area contributed by atoms with Crippen LogP contribution in [0.1, 0.15) is 25.0 Å². The maximum Gasteiger partial charge on any atom is 0.471 e. The summed E-state index contributed by atoms with van der Waals surface area (Å²) in [5, 5.41) is 1.88. The number of alkyl halides is 3. The number of benzene rings is 1. The number of hydrogen-bond acceptors (Lipinski definition) is 2. The second kappa shape index (κ2) is 5.66. The first-order valence-electron chi connectivity index (χ1n) is 6.88. The third-order valence-corrected chi connectivity index (χ3v) is 3.79. The molecular formula is C16H18F3NO2. The summed E-state index contributed by atoms with van der Waals surface area (Å²) in [7, 11) is 1.56. The zero-order valence-electron chi connectivity index (χ0n) is 12.7. The highest BCUT2D eigenvalue weighted by Gasteiger charge is 2.38. The molecular weight excluding hydrogens is 295 g/mol. The molecule has 0 heterocycles. The molecule has 2 rings (SSSR count). The fourth-order valence-corrected chi connectivity index (χ4v) is 2.76. The minimum atomic E-state index is -4.86. The van der Waals surface area contributed by atoms with Crippen LogP contribution in [0, 0.1) is 5.41 Å². The van der Waals surface area contributed by atoms with E-state index in [9.17, 15) is 18.0 Å². The van der Waals surface area contributed by atoms with Crippen molar-refractivity contribution in [3.05, 3.63) is 35.4 Å². The standard InChI is InChI=1S/C16H18F3NO2/c1-15(2)9-10-4-5-11(22-3)8-12(10)13(15)6-7-20-14(21)16(17,18)19/h4-6,8H,7,9H2,1-3H3,(H,20,21)/b13-6-. The summed E-state index contributed by atoms with van der Waals surface area (Å²) in [5.41, 5.74) is 2.81. The number of rotatable bonds is 3. The van der Waals surface area contributed by atoms with Crippen LogP contribution in [0.4, 0.5) is 13.2 Å². The average molecular weight is 313 g/mol. The fourth-order valence-electron chi connectivity index (χ4n) is 2.76. The van der Waals surface area contributed by atoms with Crippen molar-refractivity contribution in [2.24, 2.45) is 5.41 Å². The number of methoxy groups -OCH3 is 1. The highest BCUT2D eigenvalue weighted by atomic mass is 19.4. The molecule has 0 fully saturated rings. The molecule has 6 heteroatoms. The highest BCUT2D eigenvalue weighted by Crippen LogP contribution is 2.46. The monoisotopic (exact) mass is 313 g/mol. The molecule has 0 aliphatic heterocycles. The van der Waals surface area contributed by atoms with E-state index in [0.29, 0.717) is 5.75 Å². The Morgan fingerprint density at radius 2 is 2.09 bits per heavy atom. The Labute approximate surface area is 127 Å². The highest BCUT2D eigenvalue weighted by molar-refractivity contribution is 5.82. The molecule has 0 radical (unpaired) electrons. The number of amides is 1. The molecule has 0 saturated heterocycles. The van der Waals surface area contributed by atoms with Gasteiger partial charge in [0.1, 0.15) is 5.75 Å². The SMILES string of the molecule is COc1ccc2c(c1)/C(=C/CNC(=O)C(F)(F)F)C(C)(C)C2. The first kappa shape index (κ1) is 16.4. The molecule has 22 heavy (non-hydrogen) atoms. The molecule has 1 aromatic rings. The number of carbonyl (C=O) groups is 1. The van der Waals surface area contributed by atoms with Gasteiger partial charge in [-0.3, -0.25) is 4.79 Å². The first-order chi connectivity index (χ1) is 10.1. The van der Waals surface area contributed by atoms with E-state index in [4.69, 9.17) is 4.74 Å². The summed E-state index contributed by atoms with van der Waals surface area (Å²) in [6.07, 6.45) is -2.41. The van der Waals surface area contributed by atoms with Crippen molar-refractivity contribution in [1.82, 2.24) is 5.32 Å². The summed E-state index contributed by atoms with van der Waals surface area (Å²) in [5.74, 6) is -1.23. The summed E-state index contributed by atoms with van der Waals surface area (Å²) < 4.78 is 41.8. The fraction of sp³-hybridized carbons (Fsp3) is 0.438. The predicted octanol–water partition coefficient (Wildman–Crippen LogP) is 3.34. The Bertz CT molecular complexity index is 618. The third kappa shape index (κ3) is 3.26. The number of halogens is 3. The number of hydrogen-bond donors (Lipinski definition) is 1. The molecule has 0 bridgehead atoms. The lowest BCUT2D eigenvalue weighted by Gasteiger charge is -2.20. The van der Waals surface area contributed by atoms with Crippen LogP contribution in [0.15, 0.2) is 24.3 Å². The molecule has 1 N–H and O–H groups in total. The van der Waals surface area contributed by atoms with Gasteiger partial charge in [0.25, 0.3) is 0 Å². The Kier molecular flexibility index (Phi) is 4.22. The molecule has 0 aromatic heterocycles. The topological polar surface area (TPSA) is 38.3 Å². The van der Waals surface area contributed by atoms with Gasteiger partial charge in [0.2, 0.25) is 0 Å². The number of ether oxygens (including phenoxy) is 1. The van der Waals surface area contributed by atoms with Crippen molar-refractivity contribution in [3.63, 3.8) is 0 Å². The van der Waals surface area contributed by atoms with Gasteiger partial charge in [0, 0.05) is 6.54 Å². The van der Waals surface area contributed by atoms with E-state index in [1.165, 1.54) is 0 Å². The van der Waals surface area contributed by atoms with Crippen LogP contribution in [0.3, 0.4) is 0 Å². The van der Waals surface area contributed by atoms with E-state index in [0.717, 1.165) is 23.1 Å². The van der Waals surface area contributed by atoms with Crippen LogP contribution in [-0.2, 0) is 11.2 Å². The van der Waals surface area contributed by atoms with Crippen molar-refractivity contribution in [2.45, 2.75) is 26.4 Å². The zero-order chi connectivity index (χ0) is 16.5.